The Morgan fingerprint density at radius 1 is 0.730 bits per heavy atom. The zero-order valence-electron chi connectivity index (χ0n) is 22.2. The molecule has 1 nitrogen and oxygen atoms in total. The van der Waals surface area contributed by atoms with Crippen LogP contribution in [0.25, 0.3) is 6.08 Å². The van der Waals surface area contributed by atoms with Crippen molar-refractivity contribution in [2.24, 2.45) is 11.8 Å². The Kier molecular flexibility index (Phi) is 9.72. The van der Waals surface area contributed by atoms with E-state index in [2.05, 4.69) is 13.8 Å². The lowest BCUT2D eigenvalue weighted by atomic mass is 9.76. The minimum absolute atomic E-state index is 0.0158. The first-order valence-corrected chi connectivity index (χ1v) is 14.2. The summed E-state index contributed by atoms with van der Waals surface area (Å²) in [6.07, 6.45) is 13.4. The molecule has 0 amide bonds. The van der Waals surface area contributed by atoms with Gasteiger partial charge in [-0.2, -0.15) is 4.39 Å². The molecule has 0 atom stereocenters. The van der Waals surface area contributed by atoms with Crippen LogP contribution in [0.3, 0.4) is 0 Å². The van der Waals surface area contributed by atoms with Crippen molar-refractivity contribution < 1.29 is 22.3 Å². The maximum absolute atomic E-state index is 15.1. The van der Waals surface area contributed by atoms with Crippen LogP contribution in [0.4, 0.5) is 17.6 Å². The molecule has 37 heavy (non-hydrogen) atoms. The van der Waals surface area contributed by atoms with Gasteiger partial charge in [0.25, 0.3) is 0 Å². The van der Waals surface area contributed by atoms with E-state index >= 15 is 8.78 Å². The molecule has 0 aliphatic heterocycles. The smallest absolute Gasteiger partial charge is 0.201 e. The third-order valence-corrected chi connectivity index (χ3v) is 8.44. The van der Waals surface area contributed by atoms with E-state index < -0.39 is 23.3 Å². The molecule has 2 aliphatic carbocycles. The van der Waals surface area contributed by atoms with E-state index in [1.807, 2.05) is 12.1 Å². The van der Waals surface area contributed by atoms with Gasteiger partial charge in [0.15, 0.2) is 23.2 Å². The number of halogens is 4. The molecule has 202 valence electrons. The van der Waals surface area contributed by atoms with Crippen molar-refractivity contribution in [2.75, 3.05) is 6.61 Å². The molecular formula is C32H40F4O. The Labute approximate surface area is 219 Å². The molecule has 2 saturated carbocycles. The first kappa shape index (κ1) is 27.7. The van der Waals surface area contributed by atoms with Crippen LogP contribution in [0.15, 0.2) is 30.3 Å². The normalized spacial score (nSPS) is 24.5. The first-order chi connectivity index (χ1) is 17.9. The van der Waals surface area contributed by atoms with E-state index in [4.69, 9.17) is 4.74 Å². The molecule has 2 aliphatic rings. The van der Waals surface area contributed by atoms with Crippen LogP contribution >= 0.6 is 0 Å². The van der Waals surface area contributed by atoms with Gasteiger partial charge in [0.1, 0.15) is 0 Å². The SMILES string of the molecule is CCCCCOc1ccc(/C=C/C2CCC(c3ccc(C4CCC(C)CC4)c(F)c3F)CC2)c(F)c1F. The Morgan fingerprint density at radius 2 is 1.32 bits per heavy atom. The maximum Gasteiger partial charge on any atom is 0.201 e. The van der Waals surface area contributed by atoms with Crippen molar-refractivity contribution in [1.29, 1.82) is 0 Å². The minimum Gasteiger partial charge on any atom is -0.490 e. The predicted octanol–water partition coefficient (Wildman–Crippen LogP) is 10.1. The average molecular weight is 517 g/mol. The predicted molar refractivity (Wildman–Crippen MR) is 142 cm³/mol. The highest BCUT2D eigenvalue weighted by molar-refractivity contribution is 5.52. The van der Waals surface area contributed by atoms with E-state index in [1.165, 1.54) is 6.07 Å². The van der Waals surface area contributed by atoms with E-state index in [1.54, 1.807) is 18.2 Å². The fraction of sp³-hybridized carbons (Fsp3) is 0.562. The highest BCUT2D eigenvalue weighted by Crippen LogP contribution is 2.41. The zero-order valence-corrected chi connectivity index (χ0v) is 22.2. The number of unbranched alkanes of at least 4 members (excludes halogenated alkanes) is 2. The Balaban J connectivity index is 1.34. The summed E-state index contributed by atoms with van der Waals surface area (Å²) in [5.74, 6) is -2.28. The number of rotatable bonds is 9. The Morgan fingerprint density at radius 3 is 1.92 bits per heavy atom. The second kappa shape index (κ2) is 13.0. The second-order valence-electron chi connectivity index (χ2n) is 11.1. The molecule has 2 fully saturated rings. The van der Waals surface area contributed by atoms with E-state index in [-0.39, 0.29) is 29.1 Å². The molecule has 0 unspecified atom stereocenters. The molecule has 0 aromatic heterocycles. The standard InChI is InChI=1S/C32H40F4O/c1-3-4-5-20-37-28-19-16-25(29(33)32(28)36)15-10-22-8-13-24(14-9-22)27-18-17-26(30(34)31(27)35)23-11-6-21(2)7-12-23/h10,15-19,21-24H,3-9,11-14,20H2,1-2H3/b15-10+. The minimum atomic E-state index is -0.953. The summed E-state index contributed by atoms with van der Waals surface area (Å²) in [6.45, 7) is 4.66. The van der Waals surface area contributed by atoms with Gasteiger partial charge in [-0.05, 0) is 91.9 Å². The summed E-state index contributed by atoms with van der Waals surface area (Å²) in [7, 11) is 0. The highest BCUT2D eigenvalue weighted by atomic mass is 19.2. The van der Waals surface area contributed by atoms with Crippen LogP contribution in [-0.4, -0.2) is 6.61 Å². The zero-order chi connectivity index (χ0) is 26.4. The van der Waals surface area contributed by atoms with Gasteiger partial charge in [-0.1, -0.05) is 63.8 Å². The number of allylic oxidation sites excluding steroid dienone is 1. The van der Waals surface area contributed by atoms with Crippen molar-refractivity contribution >= 4 is 6.08 Å². The number of ether oxygens (including phenoxy) is 1. The molecule has 0 radical (unpaired) electrons. The molecule has 2 aromatic carbocycles. The number of hydrogen-bond acceptors (Lipinski definition) is 1. The molecule has 0 bridgehead atoms. The topological polar surface area (TPSA) is 9.23 Å². The fourth-order valence-electron chi connectivity index (χ4n) is 5.96. The van der Waals surface area contributed by atoms with Gasteiger partial charge >= 0.3 is 0 Å². The van der Waals surface area contributed by atoms with Crippen molar-refractivity contribution in [3.8, 4) is 5.75 Å². The Bertz CT molecular complexity index is 1060. The first-order valence-electron chi connectivity index (χ1n) is 14.2. The van der Waals surface area contributed by atoms with Gasteiger partial charge in [0, 0.05) is 5.56 Å². The summed E-state index contributed by atoms with van der Waals surface area (Å²) in [5, 5.41) is 0. The summed E-state index contributed by atoms with van der Waals surface area (Å²) >= 11 is 0. The quantitative estimate of drug-likeness (QED) is 0.238. The monoisotopic (exact) mass is 516 g/mol. The van der Waals surface area contributed by atoms with Gasteiger partial charge < -0.3 is 4.74 Å². The summed E-state index contributed by atoms with van der Waals surface area (Å²) in [6, 6.07) is 6.64. The fourth-order valence-corrected chi connectivity index (χ4v) is 5.96. The van der Waals surface area contributed by atoms with Crippen LogP contribution in [0.5, 0.6) is 5.75 Å². The van der Waals surface area contributed by atoms with Crippen LogP contribution in [0.1, 0.15) is 113 Å². The van der Waals surface area contributed by atoms with Crippen LogP contribution in [0.2, 0.25) is 0 Å². The maximum atomic E-state index is 15.1. The molecule has 5 heteroatoms. The number of hydrogen-bond donors (Lipinski definition) is 0. The molecular weight excluding hydrogens is 476 g/mol. The lowest BCUT2D eigenvalue weighted by Crippen LogP contribution is -2.16. The third-order valence-electron chi connectivity index (χ3n) is 8.44. The van der Waals surface area contributed by atoms with E-state index in [9.17, 15) is 8.78 Å². The van der Waals surface area contributed by atoms with Gasteiger partial charge in [-0.25, -0.2) is 13.2 Å². The van der Waals surface area contributed by atoms with Crippen molar-refractivity contribution in [3.63, 3.8) is 0 Å². The molecule has 0 N–H and O–H groups in total. The van der Waals surface area contributed by atoms with Gasteiger partial charge in [0.05, 0.1) is 6.61 Å². The lowest BCUT2D eigenvalue weighted by Gasteiger charge is -2.29. The van der Waals surface area contributed by atoms with Crippen molar-refractivity contribution in [1.82, 2.24) is 0 Å². The number of benzene rings is 2. The van der Waals surface area contributed by atoms with Crippen molar-refractivity contribution in [3.05, 3.63) is 70.3 Å². The van der Waals surface area contributed by atoms with Crippen LogP contribution < -0.4 is 4.74 Å². The largest absolute Gasteiger partial charge is 0.490 e. The van der Waals surface area contributed by atoms with Crippen LogP contribution in [0, 0.1) is 35.1 Å². The van der Waals surface area contributed by atoms with Crippen molar-refractivity contribution in [2.45, 2.75) is 96.3 Å². The van der Waals surface area contributed by atoms with Gasteiger partial charge in [-0.3, -0.25) is 0 Å². The summed E-state index contributed by atoms with van der Waals surface area (Å²) in [5.41, 5.74) is 1.22. The van der Waals surface area contributed by atoms with Crippen LogP contribution in [-0.2, 0) is 0 Å². The summed E-state index contributed by atoms with van der Waals surface area (Å²) < 4.78 is 64.5. The molecule has 4 rings (SSSR count). The lowest BCUT2D eigenvalue weighted by molar-refractivity contribution is 0.286. The third kappa shape index (κ3) is 6.78. The molecule has 0 spiro atoms. The average Bonchev–Trinajstić information content (AvgIpc) is 2.91. The van der Waals surface area contributed by atoms with Gasteiger partial charge in [0.2, 0.25) is 5.82 Å². The summed E-state index contributed by atoms with van der Waals surface area (Å²) in [4.78, 5) is 0. The second-order valence-corrected chi connectivity index (χ2v) is 11.1. The van der Waals surface area contributed by atoms with Gasteiger partial charge in [-0.15, -0.1) is 0 Å². The Hall–Kier alpha value is -2.30. The molecule has 0 saturated heterocycles. The van der Waals surface area contributed by atoms with E-state index in [0.717, 1.165) is 70.6 Å². The molecule has 0 heterocycles. The molecule has 2 aromatic rings. The highest BCUT2D eigenvalue weighted by Gasteiger charge is 2.28. The van der Waals surface area contributed by atoms with E-state index in [0.29, 0.717) is 23.7 Å².